The van der Waals surface area contributed by atoms with Crippen LogP contribution in [0.4, 0.5) is 0 Å². The van der Waals surface area contributed by atoms with Crippen molar-refractivity contribution < 1.29 is 14.2 Å². The highest BCUT2D eigenvalue weighted by atomic mass is 35.5. The number of hydrogen-bond acceptors (Lipinski definition) is 3. The van der Waals surface area contributed by atoms with E-state index in [-0.39, 0.29) is 0 Å². The van der Waals surface area contributed by atoms with Gasteiger partial charge in [0.2, 0.25) is 0 Å². The van der Waals surface area contributed by atoms with Gasteiger partial charge in [0.05, 0.1) is 12.1 Å². The maximum atomic E-state index is 5.90. The molecule has 4 heteroatoms. The van der Waals surface area contributed by atoms with Gasteiger partial charge in [0.15, 0.2) is 11.5 Å². The molecule has 2 rings (SSSR count). The predicted molar refractivity (Wildman–Crippen MR) is 49.0 cm³/mol. The van der Waals surface area contributed by atoms with Crippen LogP contribution in [0.25, 0.3) is 0 Å². The summed E-state index contributed by atoms with van der Waals surface area (Å²) < 4.78 is 15.7. The second kappa shape index (κ2) is 3.34. The fourth-order valence-electron chi connectivity index (χ4n) is 1.20. The summed E-state index contributed by atoms with van der Waals surface area (Å²) in [5, 5.41) is 0.534. The zero-order valence-electron chi connectivity index (χ0n) is 7.17. The van der Waals surface area contributed by atoms with Crippen LogP contribution in [0.5, 0.6) is 17.2 Å². The zero-order chi connectivity index (χ0) is 9.26. The van der Waals surface area contributed by atoms with Crippen molar-refractivity contribution in [2.75, 3.05) is 20.3 Å². The van der Waals surface area contributed by atoms with E-state index in [4.69, 9.17) is 25.8 Å². The van der Waals surface area contributed by atoms with E-state index in [1.807, 2.05) is 0 Å². The van der Waals surface area contributed by atoms with Crippen molar-refractivity contribution in [3.8, 4) is 17.2 Å². The van der Waals surface area contributed by atoms with E-state index in [1.165, 1.54) is 0 Å². The maximum Gasteiger partial charge on any atom is 0.165 e. The Morgan fingerprint density at radius 1 is 1.23 bits per heavy atom. The lowest BCUT2D eigenvalue weighted by Crippen LogP contribution is -2.15. The zero-order valence-corrected chi connectivity index (χ0v) is 7.93. The molecule has 0 saturated carbocycles. The molecule has 0 saturated heterocycles. The predicted octanol–water partition coefficient (Wildman–Crippen LogP) is 2.12. The van der Waals surface area contributed by atoms with Gasteiger partial charge < -0.3 is 14.2 Å². The van der Waals surface area contributed by atoms with E-state index in [1.54, 1.807) is 19.2 Å². The second-order valence-corrected chi connectivity index (χ2v) is 3.04. The van der Waals surface area contributed by atoms with Gasteiger partial charge in [-0.1, -0.05) is 11.6 Å². The molecule has 0 radical (unpaired) electrons. The average molecular weight is 201 g/mol. The Hall–Kier alpha value is -1.09. The van der Waals surface area contributed by atoms with Gasteiger partial charge >= 0.3 is 0 Å². The third-order valence-electron chi connectivity index (χ3n) is 1.82. The molecule has 0 atom stereocenters. The van der Waals surface area contributed by atoms with Gasteiger partial charge in [-0.3, -0.25) is 0 Å². The van der Waals surface area contributed by atoms with Gasteiger partial charge in [-0.05, 0) is 0 Å². The number of hydrogen-bond donors (Lipinski definition) is 0. The van der Waals surface area contributed by atoms with Gasteiger partial charge in [0.25, 0.3) is 0 Å². The minimum Gasteiger partial charge on any atom is -0.495 e. The third-order valence-corrected chi connectivity index (χ3v) is 2.11. The molecule has 0 spiro atoms. The van der Waals surface area contributed by atoms with Crippen molar-refractivity contribution >= 4 is 11.6 Å². The van der Waals surface area contributed by atoms with E-state index in [9.17, 15) is 0 Å². The fraction of sp³-hybridized carbons (Fsp3) is 0.333. The van der Waals surface area contributed by atoms with Crippen LogP contribution < -0.4 is 14.2 Å². The smallest absolute Gasteiger partial charge is 0.165 e. The molecule has 0 aromatic heterocycles. The molecule has 1 aromatic rings. The lowest BCUT2D eigenvalue weighted by atomic mass is 10.3. The van der Waals surface area contributed by atoms with Crippen LogP contribution in [-0.2, 0) is 0 Å². The lowest BCUT2D eigenvalue weighted by Gasteiger charge is -2.19. The number of ether oxygens (including phenoxy) is 3. The molecule has 0 unspecified atom stereocenters. The summed E-state index contributed by atoms with van der Waals surface area (Å²) in [6.45, 7) is 1.13. The highest BCUT2D eigenvalue weighted by Gasteiger charge is 2.14. The molecule has 1 aliphatic heterocycles. The molecule has 0 bridgehead atoms. The first-order valence-corrected chi connectivity index (χ1v) is 4.32. The summed E-state index contributed by atoms with van der Waals surface area (Å²) in [5.41, 5.74) is 0. The molecule has 13 heavy (non-hydrogen) atoms. The van der Waals surface area contributed by atoms with Gasteiger partial charge in [-0.25, -0.2) is 0 Å². The highest BCUT2D eigenvalue weighted by molar-refractivity contribution is 6.32. The first kappa shape index (κ1) is 8.51. The Bertz CT molecular complexity index is 325. The minimum absolute atomic E-state index is 0.534. The lowest BCUT2D eigenvalue weighted by molar-refractivity contribution is 0.171. The number of halogens is 1. The van der Waals surface area contributed by atoms with Gasteiger partial charge in [0.1, 0.15) is 19.0 Å². The summed E-state index contributed by atoms with van der Waals surface area (Å²) in [5.74, 6) is 1.97. The van der Waals surface area contributed by atoms with Crippen molar-refractivity contribution in [3.05, 3.63) is 17.2 Å². The molecule has 1 aromatic carbocycles. The van der Waals surface area contributed by atoms with Gasteiger partial charge in [-0.2, -0.15) is 0 Å². The fourth-order valence-corrected chi connectivity index (χ4v) is 1.43. The molecule has 0 fully saturated rings. The molecular weight excluding hydrogens is 192 g/mol. The Labute approximate surface area is 81.2 Å². The number of methoxy groups -OCH3 is 1. The summed E-state index contributed by atoms with van der Waals surface area (Å²) in [6, 6.07) is 3.44. The number of benzene rings is 1. The molecular formula is C9H9ClO3. The highest BCUT2D eigenvalue weighted by Crippen LogP contribution is 2.38. The summed E-state index contributed by atoms with van der Waals surface area (Å²) >= 11 is 5.90. The normalized spacial score (nSPS) is 14.0. The molecule has 3 nitrogen and oxygen atoms in total. The van der Waals surface area contributed by atoms with Crippen molar-refractivity contribution in [2.24, 2.45) is 0 Å². The Morgan fingerprint density at radius 3 is 2.46 bits per heavy atom. The monoisotopic (exact) mass is 200 g/mol. The Kier molecular flexibility index (Phi) is 2.19. The number of rotatable bonds is 1. The standard InChI is InChI=1S/C9H9ClO3/c1-11-7-5-9-8(4-6(7)10)12-2-3-13-9/h4-5H,2-3H2,1H3. The van der Waals surface area contributed by atoms with Crippen molar-refractivity contribution in [1.82, 2.24) is 0 Å². The van der Waals surface area contributed by atoms with E-state index in [0.717, 1.165) is 0 Å². The summed E-state index contributed by atoms with van der Waals surface area (Å²) in [4.78, 5) is 0. The first-order valence-electron chi connectivity index (χ1n) is 3.94. The van der Waals surface area contributed by atoms with E-state index in [2.05, 4.69) is 0 Å². The summed E-state index contributed by atoms with van der Waals surface area (Å²) in [7, 11) is 1.57. The van der Waals surface area contributed by atoms with E-state index < -0.39 is 0 Å². The van der Waals surface area contributed by atoms with Crippen LogP contribution in [0.2, 0.25) is 5.02 Å². The Balaban J connectivity index is 2.44. The third kappa shape index (κ3) is 1.52. The molecule has 70 valence electrons. The largest absolute Gasteiger partial charge is 0.495 e. The Morgan fingerprint density at radius 2 is 1.85 bits per heavy atom. The quantitative estimate of drug-likeness (QED) is 0.695. The minimum atomic E-state index is 0.534. The second-order valence-electron chi connectivity index (χ2n) is 2.63. The van der Waals surface area contributed by atoms with Crippen LogP contribution in [0.15, 0.2) is 12.1 Å². The van der Waals surface area contributed by atoms with Crippen LogP contribution in [-0.4, -0.2) is 20.3 Å². The van der Waals surface area contributed by atoms with Crippen molar-refractivity contribution in [3.63, 3.8) is 0 Å². The van der Waals surface area contributed by atoms with Gasteiger partial charge in [-0.15, -0.1) is 0 Å². The van der Waals surface area contributed by atoms with Crippen LogP contribution in [0.3, 0.4) is 0 Å². The summed E-state index contributed by atoms with van der Waals surface area (Å²) in [6.07, 6.45) is 0. The molecule has 0 amide bonds. The van der Waals surface area contributed by atoms with Crippen molar-refractivity contribution in [1.29, 1.82) is 0 Å². The van der Waals surface area contributed by atoms with Crippen LogP contribution in [0, 0.1) is 0 Å². The van der Waals surface area contributed by atoms with Gasteiger partial charge in [0, 0.05) is 12.1 Å². The SMILES string of the molecule is COc1cc2c(cc1Cl)OCCO2. The average Bonchev–Trinajstić information content (AvgIpc) is 2.17. The molecule has 0 aliphatic carbocycles. The van der Waals surface area contributed by atoms with Crippen molar-refractivity contribution in [2.45, 2.75) is 0 Å². The topological polar surface area (TPSA) is 27.7 Å². The molecule has 1 aliphatic rings. The van der Waals surface area contributed by atoms with E-state index in [0.29, 0.717) is 35.5 Å². The molecule has 1 heterocycles. The maximum absolute atomic E-state index is 5.90. The molecule has 0 N–H and O–H groups in total. The van der Waals surface area contributed by atoms with Crippen LogP contribution >= 0.6 is 11.6 Å². The first-order chi connectivity index (χ1) is 6.31. The van der Waals surface area contributed by atoms with E-state index >= 15 is 0 Å². The van der Waals surface area contributed by atoms with Crippen LogP contribution in [0.1, 0.15) is 0 Å². The number of fused-ring (bicyclic) bond motifs is 1.